The Kier molecular flexibility index (Phi) is 4.76. The van der Waals surface area contributed by atoms with Gasteiger partial charge in [0.2, 0.25) is 5.91 Å². The summed E-state index contributed by atoms with van der Waals surface area (Å²) in [6.07, 6.45) is 1.72. The molecule has 0 spiro atoms. The number of hydrogen-bond donors (Lipinski definition) is 1. The maximum absolute atomic E-state index is 12.7. The first-order chi connectivity index (χ1) is 11.0. The van der Waals surface area contributed by atoms with Crippen molar-refractivity contribution in [1.82, 2.24) is 4.98 Å². The number of thioether (sulfide) groups is 1. The maximum atomic E-state index is 12.7. The van der Waals surface area contributed by atoms with Crippen molar-refractivity contribution >= 4 is 50.1 Å². The van der Waals surface area contributed by atoms with Crippen molar-refractivity contribution in [2.24, 2.45) is 0 Å². The van der Waals surface area contributed by atoms with Crippen LogP contribution in [0, 0.1) is 18.3 Å². The van der Waals surface area contributed by atoms with Crippen LogP contribution in [0.3, 0.4) is 0 Å². The Hall–Kier alpha value is -1.36. The van der Waals surface area contributed by atoms with Crippen molar-refractivity contribution in [1.29, 1.82) is 5.26 Å². The molecule has 1 saturated carbocycles. The van der Waals surface area contributed by atoms with Crippen LogP contribution in [-0.2, 0) is 10.2 Å². The van der Waals surface area contributed by atoms with Gasteiger partial charge >= 0.3 is 0 Å². The number of nitrogens with one attached hydrogen (secondary N) is 1. The molecule has 0 atom stereocenters. The normalized spacial score (nSPS) is 15.0. The fourth-order valence-electron chi connectivity index (χ4n) is 2.43. The monoisotopic (exact) mass is 407 g/mol. The number of nitriles is 1. The van der Waals surface area contributed by atoms with E-state index in [0.717, 1.165) is 32.8 Å². The number of aryl methyl sites for hydroxylation is 1. The third-order valence-electron chi connectivity index (χ3n) is 3.82. The average Bonchev–Trinajstić information content (AvgIpc) is 3.27. The van der Waals surface area contributed by atoms with Gasteiger partial charge in [0, 0.05) is 4.47 Å². The number of nitrogens with zero attached hydrogens (tertiary/aromatic N) is 2. The van der Waals surface area contributed by atoms with Gasteiger partial charge in [-0.3, -0.25) is 4.79 Å². The van der Waals surface area contributed by atoms with Crippen molar-refractivity contribution in [3.05, 3.63) is 40.0 Å². The molecule has 0 aliphatic heterocycles. The molecule has 1 fully saturated rings. The van der Waals surface area contributed by atoms with Crippen LogP contribution in [0.2, 0.25) is 0 Å². The van der Waals surface area contributed by atoms with Gasteiger partial charge in [-0.2, -0.15) is 5.26 Å². The van der Waals surface area contributed by atoms with Crippen molar-refractivity contribution in [3.63, 3.8) is 0 Å². The molecule has 1 heterocycles. The van der Waals surface area contributed by atoms with E-state index in [1.165, 1.54) is 23.1 Å². The quantitative estimate of drug-likeness (QED) is 0.740. The summed E-state index contributed by atoms with van der Waals surface area (Å²) in [7, 11) is 0. The molecule has 118 valence electrons. The first-order valence-electron chi connectivity index (χ1n) is 7.10. The third-order valence-corrected chi connectivity index (χ3v) is 6.65. The fraction of sp³-hybridized carbons (Fsp3) is 0.312. The van der Waals surface area contributed by atoms with Gasteiger partial charge in [-0.1, -0.05) is 51.2 Å². The lowest BCUT2D eigenvalue weighted by Gasteiger charge is -2.14. The zero-order valence-corrected chi connectivity index (χ0v) is 15.6. The Balaban J connectivity index is 1.74. The van der Waals surface area contributed by atoms with Gasteiger partial charge < -0.3 is 5.32 Å². The van der Waals surface area contributed by atoms with Crippen LogP contribution < -0.4 is 5.32 Å². The van der Waals surface area contributed by atoms with Gasteiger partial charge in [0.15, 0.2) is 5.13 Å². The van der Waals surface area contributed by atoms with Crippen LogP contribution >= 0.6 is 39.0 Å². The second-order valence-corrected chi connectivity index (χ2v) is 8.54. The van der Waals surface area contributed by atoms with Gasteiger partial charge in [-0.25, -0.2) is 4.98 Å². The van der Waals surface area contributed by atoms with E-state index in [-0.39, 0.29) is 5.91 Å². The number of carbonyl (C=O) groups excluding carboxylic acids is 1. The molecule has 2 aromatic rings. The number of halogens is 1. The summed E-state index contributed by atoms with van der Waals surface area (Å²) in [5, 5.41) is 12.2. The summed E-state index contributed by atoms with van der Waals surface area (Å²) in [6, 6.07) is 10.0. The molecule has 0 radical (unpaired) electrons. The van der Waals surface area contributed by atoms with Gasteiger partial charge in [0.25, 0.3) is 0 Å². The number of anilines is 1. The second kappa shape index (κ2) is 6.63. The zero-order valence-electron chi connectivity index (χ0n) is 12.4. The number of hydrogen-bond acceptors (Lipinski definition) is 5. The van der Waals surface area contributed by atoms with E-state index in [9.17, 15) is 4.79 Å². The minimum Gasteiger partial charge on any atom is -0.301 e. The standard InChI is InChI=1S/C16H14BrN3OS2/c1-10-13(22-9-8-18)23-15(19-10)20-14(21)16(6-7-16)11-2-4-12(17)5-3-11/h2-5H,6-7,9H2,1H3,(H,19,20,21). The molecule has 3 rings (SSSR count). The Morgan fingerprint density at radius 2 is 2.17 bits per heavy atom. The lowest BCUT2D eigenvalue weighted by atomic mass is 9.95. The van der Waals surface area contributed by atoms with Crippen LogP contribution in [0.1, 0.15) is 24.1 Å². The molecule has 0 bridgehead atoms. The number of rotatable bonds is 5. The Labute approximate surface area is 151 Å². The predicted molar refractivity (Wildman–Crippen MR) is 96.9 cm³/mol. The molecule has 4 nitrogen and oxygen atoms in total. The molecule has 1 aliphatic carbocycles. The van der Waals surface area contributed by atoms with E-state index >= 15 is 0 Å². The second-order valence-electron chi connectivity index (χ2n) is 5.38. The highest BCUT2D eigenvalue weighted by atomic mass is 79.9. The molecule has 1 amide bonds. The van der Waals surface area contributed by atoms with Gasteiger partial charge in [-0.05, 0) is 37.5 Å². The highest BCUT2D eigenvalue weighted by molar-refractivity contribution is 9.10. The highest BCUT2D eigenvalue weighted by Crippen LogP contribution is 2.49. The average molecular weight is 408 g/mol. The molecule has 1 N–H and O–H groups in total. The molecular weight excluding hydrogens is 394 g/mol. The van der Waals surface area contributed by atoms with E-state index in [1.807, 2.05) is 31.2 Å². The summed E-state index contributed by atoms with van der Waals surface area (Å²) in [4.78, 5) is 17.1. The fourth-order valence-corrected chi connectivity index (χ4v) is 4.48. The van der Waals surface area contributed by atoms with Gasteiger partial charge in [0.05, 0.1) is 27.1 Å². The van der Waals surface area contributed by atoms with E-state index in [2.05, 4.69) is 32.3 Å². The Bertz CT molecular complexity index is 776. The number of aromatic nitrogens is 1. The number of benzene rings is 1. The molecule has 7 heteroatoms. The molecule has 1 aromatic carbocycles. The molecule has 1 aromatic heterocycles. The van der Waals surface area contributed by atoms with E-state index in [0.29, 0.717) is 10.9 Å². The van der Waals surface area contributed by atoms with Crippen molar-refractivity contribution < 1.29 is 4.79 Å². The SMILES string of the molecule is Cc1nc(NC(=O)C2(c3ccc(Br)cc3)CC2)sc1SCC#N. The largest absolute Gasteiger partial charge is 0.301 e. The minimum absolute atomic E-state index is 0.00501. The topological polar surface area (TPSA) is 65.8 Å². The molecule has 0 saturated heterocycles. The van der Waals surface area contributed by atoms with E-state index < -0.39 is 5.41 Å². The zero-order chi connectivity index (χ0) is 16.4. The first-order valence-corrected chi connectivity index (χ1v) is 9.69. The van der Waals surface area contributed by atoms with Crippen LogP contribution in [0.15, 0.2) is 32.9 Å². The Morgan fingerprint density at radius 3 is 2.78 bits per heavy atom. The summed E-state index contributed by atoms with van der Waals surface area (Å²) < 4.78 is 1.99. The summed E-state index contributed by atoms with van der Waals surface area (Å²) in [5.74, 6) is 0.393. The van der Waals surface area contributed by atoms with E-state index in [4.69, 9.17) is 5.26 Å². The van der Waals surface area contributed by atoms with Crippen molar-refractivity contribution in [2.75, 3.05) is 11.1 Å². The third kappa shape index (κ3) is 3.44. The Morgan fingerprint density at radius 1 is 1.48 bits per heavy atom. The molecule has 1 aliphatic rings. The van der Waals surface area contributed by atoms with Crippen LogP contribution in [-0.4, -0.2) is 16.6 Å². The van der Waals surface area contributed by atoms with Crippen LogP contribution in [0.4, 0.5) is 5.13 Å². The number of carbonyl (C=O) groups is 1. The first kappa shape index (κ1) is 16.5. The smallest absolute Gasteiger partial charge is 0.236 e. The van der Waals surface area contributed by atoms with Crippen molar-refractivity contribution in [2.45, 2.75) is 29.4 Å². The summed E-state index contributed by atoms with van der Waals surface area (Å²) in [5.41, 5.74) is 1.49. The van der Waals surface area contributed by atoms with Gasteiger partial charge in [-0.15, -0.1) is 0 Å². The predicted octanol–water partition coefficient (Wildman–Crippen LogP) is 4.50. The summed E-state index contributed by atoms with van der Waals surface area (Å²) in [6.45, 7) is 1.90. The van der Waals surface area contributed by atoms with Gasteiger partial charge in [0.1, 0.15) is 0 Å². The van der Waals surface area contributed by atoms with Crippen LogP contribution in [0.5, 0.6) is 0 Å². The summed E-state index contributed by atoms with van der Waals surface area (Å²) >= 11 is 6.31. The maximum Gasteiger partial charge on any atom is 0.236 e. The lowest BCUT2D eigenvalue weighted by molar-refractivity contribution is -0.118. The van der Waals surface area contributed by atoms with E-state index in [1.54, 1.807) is 0 Å². The lowest BCUT2D eigenvalue weighted by Crippen LogP contribution is -2.27. The molecular formula is C16H14BrN3OS2. The van der Waals surface area contributed by atoms with Crippen molar-refractivity contribution in [3.8, 4) is 6.07 Å². The molecule has 23 heavy (non-hydrogen) atoms. The van der Waals surface area contributed by atoms with Crippen LogP contribution in [0.25, 0.3) is 0 Å². The minimum atomic E-state index is -0.416. The number of amides is 1. The number of thiazole rings is 1. The molecule has 0 unspecified atom stereocenters. The highest BCUT2D eigenvalue weighted by Gasteiger charge is 2.51.